The van der Waals surface area contributed by atoms with E-state index >= 15 is 0 Å². The van der Waals surface area contributed by atoms with Gasteiger partial charge in [0.2, 0.25) is 0 Å². The molecule has 0 amide bonds. The third kappa shape index (κ3) is 4.87. The van der Waals surface area contributed by atoms with Crippen LogP contribution >= 0.6 is 22.7 Å². The summed E-state index contributed by atoms with van der Waals surface area (Å²) >= 11 is 12.0. The second-order valence-corrected chi connectivity index (χ2v) is 11.8. The molecule has 1 aliphatic carbocycles. The molecule has 0 radical (unpaired) electrons. The summed E-state index contributed by atoms with van der Waals surface area (Å²) in [5.41, 5.74) is 0. The van der Waals surface area contributed by atoms with Crippen molar-refractivity contribution in [3.8, 4) is 5.75 Å². The molecule has 1 nitrogen and oxygen atoms in total. The molecule has 0 N–H and O–H groups in total. The highest BCUT2D eigenvalue weighted by atomic mass is 35.6. The first-order valence-corrected chi connectivity index (χ1v) is 12.6. The molecular weight excluding hydrogens is 350 g/mol. The van der Waals surface area contributed by atoms with Gasteiger partial charge in [0.05, 0.1) is 11.6 Å². The van der Waals surface area contributed by atoms with Crippen molar-refractivity contribution >= 4 is 30.8 Å². The van der Waals surface area contributed by atoms with Crippen LogP contribution in [0.2, 0.25) is 17.1 Å². The average molecular weight is 375 g/mol. The van der Waals surface area contributed by atoms with E-state index < -0.39 is 13.9 Å². The number of halogens is 3. The topological polar surface area (TPSA) is 9.23 Å². The van der Waals surface area contributed by atoms with Crippen LogP contribution in [0.15, 0.2) is 18.2 Å². The first kappa shape index (κ1) is 17.6. The zero-order valence-electron chi connectivity index (χ0n) is 13.4. The van der Waals surface area contributed by atoms with Gasteiger partial charge in [-0.2, -0.15) is 11.1 Å². The van der Waals surface area contributed by atoms with Gasteiger partial charge in [0.1, 0.15) is 19.7 Å². The summed E-state index contributed by atoms with van der Waals surface area (Å²) in [5.74, 6) is 2.59. The van der Waals surface area contributed by atoms with Crippen LogP contribution in [0.4, 0.5) is 4.39 Å². The summed E-state index contributed by atoms with van der Waals surface area (Å²) in [5, 5.41) is 0.146. The van der Waals surface area contributed by atoms with Gasteiger partial charge in [-0.1, -0.05) is 24.4 Å². The van der Waals surface area contributed by atoms with E-state index in [2.05, 4.69) is 0 Å². The molecule has 3 rings (SSSR count). The van der Waals surface area contributed by atoms with Crippen molar-refractivity contribution in [1.29, 1.82) is 0 Å². The van der Waals surface area contributed by atoms with E-state index in [1.807, 2.05) is 0 Å². The van der Waals surface area contributed by atoms with Gasteiger partial charge in [0, 0.05) is 6.07 Å². The molecule has 1 aliphatic heterocycles. The molecule has 0 bridgehead atoms. The molecule has 5 heteroatoms. The molecular formula is C18H25Cl2FOSi. The molecule has 1 aromatic rings. The first-order chi connectivity index (χ1) is 11.1. The van der Waals surface area contributed by atoms with Crippen molar-refractivity contribution in [2.24, 2.45) is 17.8 Å². The molecule has 0 atom stereocenters. The lowest BCUT2D eigenvalue weighted by atomic mass is 9.74. The van der Waals surface area contributed by atoms with Crippen LogP contribution in [-0.2, 0) is 0 Å². The molecule has 0 unspecified atom stereocenters. The number of rotatable bonds is 4. The minimum absolute atomic E-state index is 0.146. The highest BCUT2D eigenvalue weighted by Crippen LogP contribution is 2.40. The standard InChI is InChI=1S/C18H25Cl2FOSi/c19-17-6-5-16(11-18(17)21)22-12-13-1-3-14(4-2-13)15-7-9-23(20)10-8-15/h5-6,11,13-15,23H,1-4,7-10,12H2. The Morgan fingerprint density at radius 2 is 1.70 bits per heavy atom. The van der Waals surface area contributed by atoms with Crippen molar-refractivity contribution in [2.75, 3.05) is 6.61 Å². The minimum atomic E-state index is -0.842. The second kappa shape index (κ2) is 8.22. The van der Waals surface area contributed by atoms with Crippen molar-refractivity contribution in [3.05, 3.63) is 29.0 Å². The van der Waals surface area contributed by atoms with Crippen LogP contribution in [0.3, 0.4) is 0 Å². The molecule has 128 valence electrons. The average Bonchev–Trinajstić information content (AvgIpc) is 2.57. The fourth-order valence-corrected chi connectivity index (χ4v) is 6.90. The SMILES string of the molecule is Fc1cc(OCC2CCC(C3CC[SiH](Cl)CC3)CC2)ccc1Cl. The first-order valence-electron chi connectivity index (χ1n) is 8.83. The highest BCUT2D eigenvalue weighted by Gasteiger charge is 2.30. The number of hydrogen-bond donors (Lipinski definition) is 0. The van der Waals surface area contributed by atoms with E-state index in [0.717, 1.165) is 11.8 Å². The predicted octanol–water partition coefficient (Wildman–Crippen LogP) is 6.04. The van der Waals surface area contributed by atoms with Crippen LogP contribution in [0.1, 0.15) is 38.5 Å². The third-order valence-corrected chi connectivity index (χ3v) is 9.17. The smallest absolute Gasteiger partial charge is 0.145 e. The summed E-state index contributed by atoms with van der Waals surface area (Å²) in [6, 6.07) is 7.34. The van der Waals surface area contributed by atoms with Gasteiger partial charge in [-0.25, -0.2) is 4.39 Å². The second-order valence-electron chi connectivity index (χ2n) is 7.18. The van der Waals surface area contributed by atoms with E-state index in [9.17, 15) is 4.39 Å². The van der Waals surface area contributed by atoms with E-state index in [4.69, 9.17) is 27.4 Å². The Labute approximate surface area is 149 Å². The van der Waals surface area contributed by atoms with E-state index in [0.29, 0.717) is 18.3 Å². The lowest BCUT2D eigenvalue weighted by molar-refractivity contribution is 0.148. The zero-order valence-corrected chi connectivity index (χ0v) is 16.1. The lowest BCUT2D eigenvalue weighted by Crippen LogP contribution is -2.28. The number of hydrogen-bond acceptors (Lipinski definition) is 1. The highest BCUT2D eigenvalue weighted by molar-refractivity contribution is 7.07. The lowest BCUT2D eigenvalue weighted by Gasteiger charge is -2.36. The molecule has 1 saturated heterocycles. The summed E-state index contributed by atoms with van der Waals surface area (Å²) in [6.07, 6.45) is 7.86. The van der Waals surface area contributed by atoms with Gasteiger partial charge in [-0.3, -0.25) is 0 Å². The molecule has 0 spiro atoms. The van der Waals surface area contributed by atoms with Gasteiger partial charge in [0.15, 0.2) is 0 Å². The van der Waals surface area contributed by atoms with Gasteiger partial charge >= 0.3 is 0 Å². The van der Waals surface area contributed by atoms with Crippen LogP contribution in [0, 0.1) is 23.6 Å². The monoisotopic (exact) mass is 374 g/mol. The third-order valence-electron chi connectivity index (χ3n) is 5.64. The van der Waals surface area contributed by atoms with Gasteiger partial charge in [-0.15, -0.1) is 0 Å². The molecule has 0 aromatic heterocycles. The van der Waals surface area contributed by atoms with Crippen LogP contribution < -0.4 is 4.74 Å². The number of ether oxygens (including phenoxy) is 1. The Hall–Kier alpha value is -0.253. The van der Waals surface area contributed by atoms with E-state index in [1.54, 1.807) is 12.1 Å². The Morgan fingerprint density at radius 1 is 1.04 bits per heavy atom. The molecule has 1 aromatic carbocycles. The largest absolute Gasteiger partial charge is 0.493 e. The van der Waals surface area contributed by atoms with Crippen LogP contribution in [0.25, 0.3) is 0 Å². The molecule has 1 heterocycles. The van der Waals surface area contributed by atoms with Crippen molar-refractivity contribution < 1.29 is 9.13 Å². The predicted molar refractivity (Wildman–Crippen MR) is 97.7 cm³/mol. The normalized spacial score (nSPS) is 31.8. The van der Waals surface area contributed by atoms with Crippen LogP contribution in [0.5, 0.6) is 5.75 Å². The van der Waals surface area contributed by atoms with E-state index in [-0.39, 0.29) is 5.02 Å². The van der Waals surface area contributed by atoms with Gasteiger partial charge in [0.25, 0.3) is 0 Å². The maximum Gasteiger partial charge on any atom is 0.145 e. The van der Waals surface area contributed by atoms with Crippen molar-refractivity contribution in [2.45, 2.75) is 50.6 Å². The fourth-order valence-electron chi connectivity index (χ4n) is 4.16. The minimum Gasteiger partial charge on any atom is -0.493 e. The zero-order chi connectivity index (χ0) is 16.2. The van der Waals surface area contributed by atoms with Crippen molar-refractivity contribution in [3.63, 3.8) is 0 Å². The Kier molecular flexibility index (Phi) is 6.28. The van der Waals surface area contributed by atoms with Crippen molar-refractivity contribution in [1.82, 2.24) is 0 Å². The Morgan fingerprint density at radius 3 is 2.35 bits per heavy atom. The summed E-state index contributed by atoms with van der Waals surface area (Å²) < 4.78 is 19.2. The number of benzene rings is 1. The van der Waals surface area contributed by atoms with Crippen LogP contribution in [-0.4, -0.2) is 14.7 Å². The Bertz CT molecular complexity index is 512. The Balaban J connectivity index is 1.41. The van der Waals surface area contributed by atoms with Gasteiger partial charge < -0.3 is 4.74 Å². The maximum atomic E-state index is 13.4. The molecule has 2 aliphatic rings. The van der Waals surface area contributed by atoms with E-state index in [1.165, 1.54) is 56.7 Å². The summed E-state index contributed by atoms with van der Waals surface area (Å²) in [6.45, 7) is 0.690. The fraction of sp³-hybridized carbons (Fsp3) is 0.667. The molecule has 1 saturated carbocycles. The molecule has 23 heavy (non-hydrogen) atoms. The summed E-state index contributed by atoms with van der Waals surface area (Å²) in [7, 11) is -0.842. The maximum absolute atomic E-state index is 13.4. The van der Waals surface area contributed by atoms with Gasteiger partial charge in [-0.05, 0) is 67.7 Å². The quantitative estimate of drug-likeness (QED) is 0.461. The molecule has 2 fully saturated rings. The summed E-state index contributed by atoms with van der Waals surface area (Å²) in [4.78, 5) is 0.